The van der Waals surface area contributed by atoms with Crippen LogP contribution in [-0.4, -0.2) is 54.2 Å². The second-order valence-corrected chi connectivity index (χ2v) is 6.71. The second kappa shape index (κ2) is 10.5. The van der Waals surface area contributed by atoms with Crippen molar-refractivity contribution in [3.05, 3.63) is 64.7 Å². The Balaban J connectivity index is 1.73. The molecule has 3 rings (SSSR count). The van der Waals surface area contributed by atoms with Crippen molar-refractivity contribution in [2.45, 2.75) is 13.5 Å². The molecule has 8 heteroatoms. The maximum absolute atomic E-state index is 12.7. The summed E-state index contributed by atoms with van der Waals surface area (Å²) in [6.07, 6.45) is 0. The van der Waals surface area contributed by atoms with Gasteiger partial charge in [-0.1, -0.05) is 24.3 Å². The summed E-state index contributed by atoms with van der Waals surface area (Å²) in [6.45, 7) is 3.77. The third kappa shape index (κ3) is 5.65. The molecule has 30 heavy (non-hydrogen) atoms. The van der Waals surface area contributed by atoms with Crippen molar-refractivity contribution in [2.75, 3.05) is 38.7 Å². The van der Waals surface area contributed by atoms with Crippen LogP contribution in [0.3, 0.4) is 0 Å². The lowest BCUT2D eigenvalue weighted by Crippen LogP contribution is -2.36. The first-order valence-corrected chi connectivity index (χ1v) is 9.81. The molecule has 3 aromatic rings. The standard InChI is InChI=1S/C22H26N4O4/c1-3-30-19-11-7-6-10-18(19)24-21(27)15-26(12-13-29-2)14-20-23-17-9-5-4-8-16(17)22(28)25-20/h4-11H,3,12-15H2,1-2H3,(H,24,27)(H,23,25,28). The fraction of sp³-hybridized carbons (Fsp3) is 0.318. The second-order valence-electron chi connectivity index (χ2n) is 6.71. The molecule has 0 unspecified atom stereocenters. The maximum atomic E-state index is 12.7. The number of para-hydroxylation sites is 3. The summed E-state index contributed by atoms with van der Waals surface area (Å²) in [5.41, 5.74) is 1.05. The fourth-order valence-electron chi connectivity index (χ4n) is 3.10. The first kappa shape index (κ1) is 21.5. The number of rotatable bonds is 10. The van der Waals surface area contributed by atoms with Crippen LogP contribution in [0.1, 0.15) is 12.7 Å². The number of amides is 1. The smallest absolute Gasteiger partial charge is 0.258 e. The number of nitrogens with zero attached hydrogens (tertiary/aromatic N) is 2. The van der Waals surface area contributed by atoms with E-state index in [-0.39, 0.29) is 18.0 Å². The number of carbonyl (C=O) groups is 1. The Labute approximate surface area is 174 Å². The molecule has 0 saturated heterocycles. The SMILES string of the molecule is CCOc1ccccc1NC(=O)CN(CCOC)Cc1nc2ccccc2c(=O)[nH]1. The zero-order chi connectivity index (χ0) is 21.3. The van der Waals surface area contributed by atoms with Crippen LogP contribution in [0.2, 0.25) is 0 Å². The van der Waals surface area contributed by atoms with Crippen molar-refractivity contribution in [3.8, 4) is 5.75 Å². The van der Waals surface area contributed by atoms with E-state index < -0.39 is 0 Å². The van der Waals surface area contributed by atoms with Gasteiger partial charge in [0.25, 0.3) is 5.56 Å². The molecule has 0 radical (unpaired) electrons. The Morgan fingerprint density at radius 1 is 1.17 bits per heavy atom. The van der Waals surface area contributed by atoms with Gasteiger partial charge in [-0.3, -0.25) is 14.5 Å². The Morgan fingerprint density at radius 3 is 2.73 bits per heavy atom. The first-order chi connectivity index (χ1) is 14.6. The number of methoxy groups -OCH3 is 1. The van der Waals surface area contributed by atoms with Crippen molar-refractivity contribution in [1.29, 1.82) is 0 Å². The number of anilines is 1. The number of hydrogen-bond donors (Lipinski definition) is 2. The number of nitrogens with one attached hydrogen (secondary N) is 2. The lowest BCUT2D eigenvalue weighted by atomic mass is 10.2. The summed E-state index contributed by atoms with van der Waals surface area (Å²) in [7, 11) is 1.60. The van der Waals surface area contributed by atoms with Gasteiger partial charge in [0.05, 0.1) is 42.9 Å². The molecule has 0 fully saturated rings. The van der Waals surface area contributed by atoms with E-state index in [4.69, 9.17) is 9.47 Å². The number of hydrogen-bond acceptors (Lipinski definition) is 6. The summed E-state index contributed by atoms with van der Waals surface area (Å²) >= 11 is 0. The topological polar surface area (TPSA) is 96.5 Å². The highest BCUT2D eigenvalue weighted by molar-refractivity contribution is 5.93. The molecule has 158 valence electrons. The Hall–Kier alpha value is -3.23. The van der Waals surface area contributed by atoms with Crippen LogP contribution in [0, 0.1) is 0 Å². The molecule has 2 aromatic carbocycles. The van der Waals surface area contributed by atoms with Gasteiger partial charge in [0.1, 0.15) is 11.6 Å². The van der Waals surface area contributed by atoms with Gasteiger partial charge in [-0.05, 0) is 31.2 Å². The minimum atomic E-state index is -0.197. The lowest BCUT2D eigenvalue weighted by Gasteiger charge is -2.21. The Morgan fingerprint density at radius 2 is 1.93 bits per heavy atom. The van der Waals surface area contributed by atoms with E-state index in [1.807, 2.05) is 36.1 Å². The molecule has 2 N–H and O–H groups in total. The maximum Gasteiger partial charge on any atom is 0.258 e. The molecule has 8 nitrogen and oxygen atoms in total. The zero-order valence-electron chi connectivity index (χ0n) is 17.2. The van der Waals surface area contributed by atoms with Crippen LogP contribution in [0.5, 0.6) is 5.75 Å². The molecular formula is C22H26N4O4. The van der Waals surface area contributed by atoms with Crippen molar-refractivity contribution in [2.24, 2.45) is 0 Å². The van der Waals surface area contributed by atoms with Crippen molar-refractivity contribution in [1.82, 2.24) is 14.9 Å². The molecule has 0 aliphatic heterocycles. The molecule has 1 amide bonds. The number of fused-ring (bicyclic) bond motifs is 1. The van der Waals surface area contributed by atoms with E-state index in [1.54, 1.807) is 31.4 Å². The van der Waals surface area contributed by atoms with E-state index in [1.165, 1.54) is 0 Å². The minimum Gasteiger partial charge on any atom is -0.492 e. The van der Waals surface area contributed by atoms with Crippen molar-refractivity contribution < 1.29 is 14.3 Å². The fourth-order valence-corrected chi connectivity index (χ4v) is 3.10. The van der Waals surface area contributed by atoms with Gasteiger partial charge in [-0.15, -0.1) is 0 Å². The highest BCUT2D eigenvalue weighted by Gasteiger charge is 2.15. The van der Waals surface area contributed by atoms with Crippen molar-refractivity contribution >= 4 is 22.5 Å². The highest BCUT2D eigenvalue weighted by atomic mass is 16.5. The molecule has 1 heterocycles. The summed E-state index contributed by atoms with van der Waals surface area (Å²) < 4.78 is 10.7. The Bertz CT molecular complexity index is 1050. The molecule has 0 aliphatic rings. The molecule has 0 saturated carbocycles. The quantitative estimate of drug-likeness (QED) is 0.533. The van der Waals surface area contributed by atoms with Crippen LogP contribution in [0.4, 0.5) is 5.69 Å². The summed E-state index contributed by atoms with van der Waals surface area (Å²) in [4.78, 5) is 34.2. The normalized spacial score (nSPS) is 11.0. The van der Waals surface area contributed by atoms with Crippen molar-refractivity contribution in [3.63, 3.8) is 0 Å². The molecule has 0 bridgehead atoms. The highest BCUT2D eigenvalue weighted by Crippen LogP contribution is 2.23. The monoisotopic (exact) mass is 410 g/mol. The van der Waals surface area contributed by atoms with Crippen LogP contribution in [0.15, 0.2) is 53.3 Å². The average Bonchev–Trinajstić information content (AvgIpc) is 2.73. The molecule has 0 spiro atoms. The number of carbonyl (C=O) groups excluding carboxylic acids is 1. The van der Waals surface area contributed by atoms with Gasteiger partial charge in [0, 0.05) is 13.7 Å². The van der Waals surface area contributed by atoms with E-state index in [2.05, 4.69) is 15.3 Å². The molecule has 1 aromatic heterocycles. The van der Waals surface area contributed by atoms with E-state index >= 15 is 0 Å². The summed E-state index contributed by atoms with van der Waals surface area (Å²) in [5.74, 6) is 0.927. The number of aromatic amines is 1. The minimum absolute atomic E-state index is 0.111. The third-order valence-electron chi connectivity index (χ3n) is 4.48. The Kier molecular flexibility index (Phi) is 7.53. The van der Waals surface area contributed by atoms with Crippen LogP contribution in [-0.2, 0) is 16.1 Å². The number of ether oxygens (including phenoxy) is 2. The summed E-state index contributed by atoms with van der Waals surface area (Å²) in [6, 6.07) is 14.5. The third-order valence-corrected chi connectivity index (χ3v) is 4.48. The van der Waals surface area contributed by atoms with Gasteiger partial charge in [-0.2, -0.15) is 0 Å². The molecule has 0 atom stereocenters. The van der Waals surface area contributed by atoms with Crippen LogP contribution < -0.4 is 15.6 Å². The largest absolute Gasteiger partial charge is 0.492 e. The first-order valence-electron chi connectivity index (χ1n) is 9.81. The lowest BCUT2D eigenvalue weighted by molar-refractivity contribution is -0.117. The zero-order valence-corrected chi connectivity index (χ0v) is 17.2. The van der Waals surface area contributed by atoms with E-state index in [9.17, 15) is 9.59 Å². The molecule has 0 aliphatic carbocycles. The predicted octanol–water partition coefficient (Wildman–Crippen LogP) is 2.41. The van der Waals surface area contributed by atoms with E-state index in [0.29, 0.717) is 54.5 Å². The van der Waals surface area contributed by atoms with Gasteiger partial charge in [0.2, 0.25) is 5.91 Å². The number of H-pyrrole nitrogens is 1. The van der Waals surface area contributed by atoms with Crippen LogP contribution in [0.25, 0.3) is 10.9 Å². The van der Waals surface area contributed by atoms with Gasteiger partial charge >= 0.3 is 0 Å². The number of benzene rings is 2. The number of aromatic nitrogens is 2. The predicted molar refractivity (Wildman–Crippen MR) is 116 cm³/mol. The van der Waals surface area contributed by atoms with Crippen LogP contribution >= 0.6 is 0 Å². The molecular weight excluding hydrogens is 384 g/mol. The van der Waals surface area contributed by atoms with Gasteiger partial charge in [0.15, 0.2) is 0 Å². The summed E-state index contributed by atoms with van der Waals surface area (Å²) in [5, 5.41) is 3.43. The van der Waals surface area contributed by atoms with E-state index in [0.717, 1.165) is 0 Å². The van der Waals surface area contributed by atoms with Gasteiger partial charge in [-0.25, -0.2) is 4.98 Å². The van der Waals surface area contributed by atoms with Gasteiger partial charge < -0.3 is 19.8 Å². The average molecular weight is 410 g/mol.